The van der Waals surface area contributed by atoms with Crippen molar-refractivity contribution in [3.63, 3.8) is 0 Å². The molecule has 2 aromatic rings. The minimum absolute atomic E-state index is 0.0901. The first kappa shape index (κ1) is 21.3. The van der Waals surface area contributed by atoms with Crippen LogP contribution in [-0.4, -0.2) is 41.6 Å². The Morgan fingerprint density at radius 2 is 1.89 bits per heavy atom. The van der Waals surface area contributed by atoms with Crippen molar-refractivity contribution in [3.05, 3.63) is 53.6 Å². The number of carbonyl (C=O) groups excluding carboxylic acids is 1. The van der Waals surface area contributed by atoms with Crippen LogP contribution in [0.25, 0.3) is 0 Å². The standard InChI is InChI=1S/C20H22N2O5S/c1-4-13-27-17-8-5-15(6-9-17)11-12-22-20(23)16-7-10-18(26-3)19(14-16)28(24,25)21-2/h1,5-10,14,21H,11-13H2,2-3H3,(H,22,23). The normalized spacial score (nSPS) is 10.8. The Bertz CT molecular complexity index is 963. The van der Waals surface area contributed by atoms with Crippen molar-refractivity contribution in [2.45, 2.75) is 11.3 Å². The van der Waals surface area contributed by atoms with Gasteiger partial charge in [0.15, 0.2) is 0 Å². The molecule has 0 unspecified atom stereocenters. The average molecular weight is 402 g/mol. The summed E-state index contributed by atoms with van der Waals surface area (Å²) in [6.45, 7) is 0.603. The predicted octanol–water partition coefficient (Wildman–Crippen LogP) is 1.59. The highest BCUT2D eigenvalue weighted by Gasteiger charge is 2.20. The lowest BCUT2D eigenvalue weighted by Gasteiger charge is -2.11. The molecule has 148 valence electrons. The van der Waals surface area contributed by atoms with Gasteiger partial charge in [0.2, 0.25) is 10.0 Å². The minimum Gasteiger partial charge on any atom is -0.495 e. The smallest absolute Gasteiger partial charge is 0.251 e. The van der Waals surface area contributed by atoms with E-state index < -0.39 is 10.0 Å². The van der Waals surface area contributed by atoms with Crippen molar-refractivity contribution in [3.8, 4) is 23.8 Å². The van der Waals surface area contributed by atoms with Crippen molar-refractivity contribution in [1.29, 1.82) is 0 Å². The van der Waals surface area contributed by atoms with Crippen molar-refractivity contribution >= 4 is 15.9 Å². The number of amides is 1. The summed E-state index contributed by atoms with van der Waals surface area (Å²) in [5.41, 5.74) is 1.24. The summed E-state index contributed by atoms with van der Waals surface area (Å²) < 4.78 is 36.8. The number of terminal acetylenes is 1. The van der Waals surface area contributed by atoms with E-state index in [4.69, 9.17) is 15.9 Å². The Hall–Kier alpha value is -3.02. The maximum atomic E-state index is 12.4. The predicted molar refractivity (Wildman–Crippen MR) is 106 cm³/mol. The van der Waals surface area contributed by atoms with Crippen molar-refractivity contribution < 1.29 is 22.7 Å². The molecule has 0 spiro atoms. The van der Waals surface area contributed by atoms with Crippen LogP contribution in [0.15, 0.2) is 47.4 Å². The fourth-order valence-electron chi connectivity index (χ4n) is 2.44. The number of ether oxygens (including phenoxy) is 2. The van der Waals surface area contributed by atoms with Crippen LogP contribution in [0.4, 0.5) is 0 Å². The monoisotopic (exact) mass is 402 g/mol. The Balaban J connectivity index is 2.00. The molecule has 0 radical (unpaired) electrons. The molecule has 0 aromatic heterocycles. The van der Waals surface area contributed by atoms with Gasteiger partial charge in [0.1, 0.15) is 23.0 Å². The molecule has 0 saturated carbocycles. The summed E-state index contributed by atoms with van der Waals surface area (Å²) in [5, 5.41) is 2.78. The van der Waals surface area contributed by atoms with Gasteiger partial charge in [-0.05, 0) is 49.4 Å². The Labute approximate surface area is 165 Å². The molecule has 1 amide bonds. The number of benzene rings is 2. The number of sulfonamides is 1. The van der Waals surface area contributed by atoms with Crippen molar-refractivity contribution in [1.82, 2.24) is 10.0 Å². The molecule has 28 heavy (non-hydrogen) atoms. The van der Waals surface area contributed by atoms with Crippen molar-refractivity contribution in [2.24, 2.45) is 0 Å². The molecule has 0 aliphatic rings. The van der Waals surface area contributed by atoms with Gasteiger partial charge >= 0.3 is 0 Å². The summed E-state index contributed by atoms with van der Waals surface area (Å²) in [5.74, 6) is 2.87. The van der Waals surface area contributed by atoms with Gasteiger partial charge in [0.05, 0.1) is 7.11 Å². The highest BCUT2D eigenvalue weighted by molar-refractivity contribution is 7.89. The number of rotatable bonds is 9. The lowest BCUT2D eigenvalue weighted by Crippen LogP contribution is -2.26. The molecular formula is C20H22N2O5S. The van der Waals surface area contributed by atoms with E-state index in [1.165, 1.54) is 32.4 Å². The van der Waals surface area contributed by atoms with Gasteiger partial charge in [0.25, 0.3) is 5.91 Å². The van der Waals surface area contributed by atoms with E-state index in [0.29, 0.717) is 18.7 Å². The Kier molecular flexibility index (Phi) is 7.44. The highest BCUT2D eigenvalue weighted by atomic mass is 32.2. The van der Waals surface area contributed by atoms with E-state index in [0.717, 1.165) is 5.56 Å². The van der Waals surface area contributed by atoms with Crippen LogP contribution >= 0.6 is 0 Å². The van der Waals surface area contributed by atoms with Crippen LogP contribution in [0.5, 0.6) is 11.5 Å². The zero-order valence-corrected chi connectivity index (χ0v) is 16.5. The molecule has 2 N–H and O–H groups in total. The summed E-state index contributed by atoms with van der Waals surface area (Å²) in [6.07, 6.45) is 5.76. The average Bonchev–Trinajstić information content (AvgIpc) is 2.72. The topological polar surface area (TPSA) is 93.7 Å². The Morgan fingerprint density at radius 1 is 1.18 bits per heavy atom. The molecule has 7 nitrogen and oxygen atoms in total. The zero-order valence-electron chi connectivity index (χ0n) is 15.7. The maximum absolute atomic E-state index is 12.4. The first-order chi connectivity index (χ1) is 13.4. The number of hydrogen-bond donors (Lipinski definition) is 2. The lowest BCUT2D eigenvalue weighted by atomic mass is 10.1. The Morgan fingerprint density at radius 3 is 2.50 bits per heavy atom. The van der Waals surface area contributed by atoms with Gasteiger partial charge in [0, 0.05) is 12.1 Å². The van der Waals surface area contributed by atoms with Gasteiger partial charge in [-0.3, -0.25) is 4.79 Å². The van der Waals surface area contributed by atoms with E-state index in [9.17, 15) is 13.2 Å². The first-order valence-electron chi connectivity index (χ1n) is 8.46. The zero-order chi connectivity index (χ0) is 20.6. The lowest BCUT2D eigenvalue weighted by molar-refractivity contribution is 0.0954. The third-order valence-electron chi connectivity index (χ3n) is 3.93. The molecule has 0 aliphatic heterocycles. The van der Waals surface area contributed by atoms with Crippen LogP contribution in [0.2, 0.25) is 0 Å². The second kappa shape index (κ2) is 9.78. The van der Waals surface area contributed by atoms with E-state index >= 15 is 0 Å². The maximum Gasteiger partial charge on any atom is 0.251 e. The van der Waals surface area contributed by atoms with Crippen LogP contribution in [0.3, 0.4) is 0 Å². The number of carbonyl (C=O) groups is 1. The molecule has 0 bridgehead atoms. The molecule has 8 heteroatoms. The van der Waals surface area contributed by atoms with Crippen LogP contribution < -0.4 is 19.5 Å². The highest BCUT2D eigenvalue weighted by Crippen LogP contribution is 2.24. The summed E-state index contributed by atoms with van der Waals surface area (Å²) >= 11 is 0. The van der Waals surface area contributed by atoms with Crippen LogP contribution in [-0.2, 0) is 16.4 Å². The van der Waals surface area contributed by atoms with Crippen LogP contribution in [0, 0.1) is 12.3 Å². The number of methoxy groups -OCH3 is 1. The van der Waals surface area contributed by atoms with E-state index in [-0.39, 0.29) is 28.7 Å². The van der Waals surface area contributed by atoms with Gasteiger partial charge in [-0.15, -0.1) is 6.42 Å². The SMILES string of the molecule is C#CCOc1ccc(CCNC(=O)c2ccc(OC)c(S(=O)(=O)NC)c2)cc1. The molecule has 2 aromatic carbocycles. The summed E-state index contributed by atoms with van der Waals surface area (Å²) in [4.78, 5) is 12.3. The fraction of sp³-hybridized carbons (Fsp3) is 0.250. The molecule has 0 saturated heterocycles. The second-order valence-electron chi connectivity index (χ2n) is 5.72. The molecule has 0 aliphatic carbocycles. The third-order valence-corrected chi connectivity index (χ3v) is 5.36. The van der Waals surface area contributed by atoms with Gasteiger partial charge in [-0.2, -0.15) is 0 Å². The van der Waals surface area contributed by atoms with Gasteiger partial charge in [-0.25, -0.2) is 13.1 Å². The quantitative estimate of drug-likeness (QED) is 0.622. The third kappa shape index (κ3) is 5.49. The van der Waals surface area contributed by atoms with E-state index in [1.807, 2.05) is 24.3 Å². The van der Waals surface area contributed by atoms with Crippen molar-refractivity contribution in [2.75, 3.05) is 27.3 Å². The molecule has 2 rings (SSSR count). The number of nitrogens with one attached hydrogen (secondary N) is 2. The molecular weight excluding hydrogens is 380 g/mol. The van der Waals surface area contributed by atoms with E-state index in [1.54, 1.807) is 0 Å². The largest absolute Gasteiger partial charge is 0.495 e. The van der Waals surface area contributed by atoms with Gasteiger partial charge < -0.3 is 14.8 Å². The summed E-state index contributed by atoms with van der Waals surface area (Å²) in [6, 6.07) is 11.7. The molecule has 0 fully saturated rings. The molecule has 0 atom stereocenters. The minimum atomic E-state index is -3.75. The van der Waals surface area contributed by atoms with Crippen LogP contribution in [0.1, 0.15) is 15.9 Å². The van der Waals surface area contributed by atoms with E-state index in [2.05, 4.69) is 16.0 Å². The summed E-state index contributed by atoms with van der Waals surface area (Å²) in [7, 11) is -1.09. The fourth-order valence-corrected chi connectivity index (χ4v) is 3.36. The van der Waals surface area contributed by atoms with Gasteiger partial charge in [-0.1, -0.05) is 18.1 Å². The first-order valence-corrected chi connectivity index (χ1v) is 9.94. The molecule has 0 heterocycles. The second-order valence-corrected chi connectivity index (χ2v) is 7.57. The number of hydrogen-bond acceptors (Lipinski definition) is 5.